The van der Waals surface area contributed by atoms with Crippen LogP contribution in [-0.4, -0.2) is 34.2 Å². The lowest BCUT2D eigenvalue weighted by atomic mass is 10.1. The molecule has 0 bridgehead atoms. The Kier molecular flexibility index (Phi) is 5.83. The van der Waals surface area contributed by atoms with E-state index in [-0.39, 0.29) is 0 Å². The van der Waals surface area contributed by atoms with Gasteiger partial charge in [-0.05, 0) is 43.2 Å². The van der Waals surface area contributed by atoms with Gasteiger partial charge in [0.1, 0.15) is 11.5 Å². The largest absolute Gasteiger partial charge is 0.496 e. The summed E-state index contributed by atoms with van der Waals surface area (Å²) in [5.41, 5.74) is 3.29. The second-order valence-electron chi connectivity index (χ2n) is 6.03. The maximum absolute atomic E-state index is 5.91. The van der Waals surface area contributed by atoms with Crippen LogP contribution in [0.25, 0.3) is 11.4 Å². The summed E-state index contributed by atoms with van der Waals surface area (Å²) in [4.78, 5) is 0. The first-order valence-corrected chi connectivity index (χ1v) is 9.44. The Hall–Kier alpha value is -2.47. The summed E-state index contributed by atoms with van der Waals surface area (Å²) in [7, 11) is 3.63. The average Bonchev–Trinajstić information content (AvgIpc) is 3.02. The zero-order valence-corrected chi connectivity index (χ0v) is 16.3. The molecule has 3 rings (SSSR count). The molecule has 0 unspecified atom stereocenters. The van der Waals surface area contributed by atoms with Crippen LogP contribution in [0.1, 0.15) is 11.1 Å². The highest BCUT2D eigenvalue weighted by molar-refractivity contribution is 7.99. The first kappa shape index (κ1) is 18.3. The van der Waals surface area contributed by atoms with E-state index in [1.165, 1.54) is 5.56 Å². The van der Waals surface area contributed by atoms with E-state index in [0.717, 1.165) is 39.4 Å². The minimum absolute atomic E-state index is 0.617. The number of rotatable bonds is 7. The number of hydrogen-bond donors (Lipinski definition) is 0. The molecule has 0 amide bonds. The molecule has 2 aromatic carbocycles. The molecule has 0 aliphatic heterocycles. The monoisotopic (exact) mass is 369 g/mol. The predicted octanol–water partition coefficient (Wildman–Crippen LogP) is 4.28. The van der Waals surface area contributed by atoms with Crippen molar-refractivity contribution in [2.45, 2.75) is 19.0 Å². The number of methoxy groups -OCH3 is 1. The molecule has 136 valence electrons. The molecule has 5 nitrogen and oxygen atoms in total. The third-order valence-corrected chi connectivity index (χ3v) is 5.08. The van der Waals surface area contributed by atoms with Crippen LogP contribution in [0.4, 0.5) is 0 Å². The van der Waals surface area contributed by atoms with Crippen molar-refractivity contribution in [2.75, 3.05) is 19.5 Å². The van der Waals surface area contributed by atoms with Crippen LogP contribution in [-0.2, 0) is 7.05 Å². The van der Waals surface area contributed by atoms with E-state index in [1.54, 1.807) is 18.9 Å². The van der Waals surface area contributed by atoms with E-state index in [1.807, 2.05) is 35.9 Å². The number of nitrogens with zero attached hydrogens (tertiary/aromatic N) is 3. The Labute approximate surface area is 158 Å². The second kappa shape index (κ2) is 8.27. The Morgan fingerprint density at radius 1 is 1.04 bits per heavy atom. The summed E-state index contributed by atoms with van der Waals surface area (Å²) in [6, 6.07) is 14.1. The van der Waals surface area contributed by atoms with Crippen LogP contribution < -0.4 is 9.47 Å². The smallest absolute Gasteiger partial charge is 0.191 e. The molecule has 1 aromatic heterocycles. The Balaban J connectivity index is 1.63. The molecular weight excluding hydrogens is 346 g/mol. The van der Waals surface area contributed by atoms with Crippen molar-refractivity contribution in [1.82, 2.24) is 14.8 Å². The maximum Gasteiger partial charge on any atom is 0.191 e. The fraction of sp³-hybridized carbons (Fsp3) is 0.300. The van der Waals surface area contributed by atoms with Crippen molar-refractivity contribution in [2.24, 2.45) is 7.05 Å². The van der Waals surface area contributed by atoms with Gasteiger partial charge in [0.25, 0.3) is 0 Å². The van der Waals surface area contributed by atoms with Gasteiger partial charge in [0, 0.05) is 12.8 Å². The number of aryl methyl sites for hydroxylation is 2. The summed E-state index contributed by atoms with van der Waals surface area (Å²) >= 11 is 1.63. The first-order chi connectivity index (χ1) is 12.6. The van der Waals surface area contributed by atoms with Crippen molar-refractivity contribution in [3.05, 3.63) is 53.6 Å². The van der Waals surface area contributed by atoms with Crippen LogP contribution in [0.2, 0.25) is 0 Å². The molecule has 0 aliphatic carbocycles. The third kappa shape index (κ3) is 4.02. The minimum Gasteiger partial charge on any atom is -0.496 e. The normalized spacial score (nSPS) is 10.8. The van der Waals surface area contributed by atoms with Gasteiger partial charge >= 0.3 is 0 Å². The van der Waals surface area contributed by atoms with Crippen LogP contribution >= 0.6 is 11.8 Å². The van der Waals surface area contributed by atoms with Crippen LogP contribution in [0, 0.1) is 13.8 Å². The summed E-state index contributed by atoms with van der Waals surface area (Å²) in [5.74, 6) is 3.32. The van der Waals surface area contributed by atoms with Crippen molar-refractivity contribution < 1.29 is 9.47 Å². The molecule has 6 heteroatoms. The molecule has 1 heterocycles. The number of ether oxygens (including phenoxy) is 2. The van der Waals surface area contributed by atoms with Gasteiger partial charge in [-0.2, -0.15) is 0 Å². The van der Waals surface area contributed by atoms with Crippen molar-refractivity contribution in [3.63, 3.8) is 0 Å². The van der Waals surface area contributed by atoms with Gasteiger partial charge in [-0.3, -0.25) is 0 Å². The van der Waals surface area contributed by atoms with E-state index >= 15 is 0 Å². The zero-order chi connectivity index (χ0) is 18.5. The van der Waals surface area contributed by atoms with E-state index in [4.69, 9.17) is 9.47 Å². The number of para-hydroxylation sites is 1. The highest BCUT2D eigenvalue weighted by atomic mass is 32.2. The fourth-order valence-corrected chi connectivity index (χ4v) is 3.38. The molecule has 0 saturated carbocycles. The quantitative estimate of drug-likeness (QED) is 0.460. The summed E-state index contributed by atoms with van der Waals surface area (Å²) < 4.78 is 13.3. The van der Waals surface area contributed by atoms with Crippen LogP contribution in [0.15, 0.2) is 47.6 Å². The van der Waals surface area contributed by atoms with Crippen LogP contribution in [0.3, 0.4) is 0 Å². The molecule has 3 aromatic rings. The van der Waals surface area contributed by atoms with Gasteiger partial charge in [0.05, 0.1) is 19.3 Å². The molecule has 26 heavy (non-hydrogen) atoms. The Bertz CT molecular complexity index is 893. The van der Waals surface area contributed by atoms with Gasteiger partial charge in [-0.25, -0.2) is 0 Å². The number of hydrogen-bond acceptors (Lipinski definition) is 5. The topological polar surface area (TPSA) is 49.2 Å². The lowest BCUT2D eigenvalue weighted by Crippen LogP contribution is -2.03. The predicted molar refractivity (Wildman–Crippen MR) is 105 cm³/mol. The molecule has 0 spiro atoms. The molecule has 0 saturated heterocycles. The highest BCUT2D eigenvalue weighted by Gasteiger charge is 2.14. The second-order valence-corrected chi connectivity index (χ2v) is 7.09. The summed E-state index contributed by atoms with van der Waals surface area (Å²) in [6.07, 6.45) is 0. The van der Waals surface area contributed by atoms with Crippen molar-refractivity contribution >= 4 is 11.8 Å². The first-order valence-electron chi connectivity index (χ1n) is 8.45. The average molecular weight is 369 g/mol. The van der Waals surface area contributed by atoms with Gasteiger partial charge in [0.2, 0.25) is 0 Å². The third-order valence-electron chi connectivity index (χ3n) is 4.10. The molecular formula is C20H23N3O2S. The number of benzene rings is 2. The fourth-order valence-electron chi connectivity index (χ4n) is 2.65. The van der Waals surface area contributed by atoms with E-state index in [9.17, 15) is 0 Å². The van der Waals surface area contributed by atoms with E-state index in [0.29, 0.717) is 6.61 Å². The molecule has 0 fully saturated rings. The SMILES string of the molecule is COc1ccccc1-c1nnc(SCCOc2cc(C)ccc2C)n1C. The highest BCUT2D eigenvalue weighted by Crippen LogP contribution is 2.30. The number of thioether (sulfide) groups is 1. The Morgan fingerprint density at radius 3 is 2.65 bits per heavy atom. The van der Waals surface area contributed by atoms with Gasteiger partial charge in [0.15, 0.2) is 11.0 Å². The van der Waals surface area contributed by atoms with E-state index in [2.05, 4.69) is 42.2 Å². The van der Waals surface area contributed by atoms with Gasteiger partial charge in [-0.15, -0.1) is 10.2 Å². The van der Waals surface area contributed by atoms with E-state index < -0.39 is 0 Å². The van der Waals surface area contributed by atoms with Crippen molar-refractivity contribution in [1.29, 1.82) is 0 Å². The summed E-state index contributed by atoms with van der Waals surface area (Å²) in [5, 5.41) is 9.49. The molecule has 0 aliphatic rings. The molecule has 0 N–H and O–H groups in total. The van der Waals surface area contributed by atoms with Gasteiger partial charge in [-0.1, -0.05) is 36.0 Å². The molecule has 0 atom stereocenters. The summed E-state index contributed by atoms with van der Waals surface area (Å²) in [6.45, 7) is 4.75. The zero-order valence-electron chi connectivity index (χ0n) is 15.5. The minimum atomic E-state index is 0.617. The Morgan fingerprint density at radius 2 is 1.85 bits per heavy atom. The lowest BCUT2D eigenvalue weighted by Gasteiger charge is -2.10. The van der Waals surface area contributed by atoms with Gasteiger partial charge < -0.3 is 14.0 Å². The lowest BCUT2D eigenvalue weighted by molar-refractivity contribution is 0.341. The molecule has 0 radical (unpaired) electrons. The maximum atomic E-state index is 5.91. The number of aromatic nitrogens is 3. The van der Waals surface area contributed by atoms with Crippen molar-refractivity contribution in [3.8, 4) is 22.9 Å². The standard InChI is InChI=1S/C20H23N3O2S/c1-14-9-10-15(2)18(13-14)25-11-12-26-20-22-21-19(23(20)3)16-7-5-6-8-17(16)24-4/h5-10,13H,11-12H2,1-4H3. The van der Waals surface area contributed by atoms with Crippen LogP contribution in [0.5, 0.6) is 11.5 Å².